The van der Waals surface area contributed by atoms with Crippen LogP contribution in [0, 0.1) is 0 Å². The van der Waals surface area contributed by atoms with Crippen LogP contribution in [0.2, 0.25) is 0 Å². The van der Waals surface area contributed by atoms with E-state index < -0.39 is 5.97 Å². The average molecular weight is 200 g/mol. The number of rotatable bonds is 4. The SMILES string of the molecule is CCOC(=O)c1ccc(CSC)o1. The van der Waals surface area contributed by atoms with Crippen molar-refractivity contribution in [1.82, 2.24) is 0 Å². The molecule has 0 saturated carbocycles. The van der Waals surface area contributed by atoms with Crippen LogP contribution in [0.25, 0.3) is 0 Å². The molecule has 0 saturated heterocycles. The summed E-state index contributed by atoms with van der Waals surface area (Å²) < 4.78 is 10.0. The molecule has 0 aromatic carbocycles. The van der Waals surface area contributed by atoms with Crippen LogP contribution in [0.4, 0.5) is 0 Å². The number of thioether (sulfide) groups is 1. The van der Waals surface area contributed by atoms with Gasteiger partial charge in [0.2, 0.25) is 5.76 Å². The maximum Gasteiger partial charge on any atom is 0.374 e. The van der Waals surface area contributed by atoms with Gasteiger partial charge in [-0.2, -0.15) is 11.8 Å². The van der Waals surface area contributed by atoms with Gasteiger partial charge in [0.05, 0.1) is 12.4 Å². The van der Waals surface area contributed by atoms with E-state index in [4.69, 9.17) is 9.15 Å². The van der Waals surface area contributed by atoms with E-state index >= 15 is 0 Å². The largest absolute Gasteiger partial charge is 0.460 e. The molecule has 1 aromatic heterocycles. The highest BCUT2D eigenvalue weighted by molar-refractivity contribution is 7.97. The summed E-state index contributed by atoms with van der Waals surface area (Å²) in [6, 6.07) is 3.44. The second-order valence-corrected chi connectivity index (χ2v) is 3.29. The fourth-order valence-electron chi connectivity index (χ4n) is 0.910. The number of carbonyl (C=O) groups is 1. The molecule has 0 atom stereocenters. The van der Waals surface area contributed by atoms with E-state index in [2.05, 4.69) is 0 Å². The van der Waals surface area contributed by atoms with E-state index in [1.165, 1.54) is 0 Å². The Balaban J connectivity index is 2.62. The lowest BCUT2D eigenvalue weighted by molar-refractivity contribution is 0.0488. The normalized spacial score (nSPS) is 10.0. The van der Waals surface area contributed by atoms with Gasteiger partial charge in [-0.3, -0.25) is 0 Å². The van der Waals surface area contributed by atoms with Gasteiger partial charge in [0.15, 0.2) is 0 Å². The average Bonchev–Trinajstić information content (AvgIpc) is 2.54. The molecule has 1 rings (SSSR count). The highest BCUT2D eigenvalue weighted by Crippen LogP contribution is 2.13. The van der Waals surface area contributed by atoms with Crippen molar-refractivity contribution in [2.75, 3.05) is 12.9 Å². The summed E-state index contributed by atoms with van der Waals surface area (Å²) in [6.07, 6.45) is 1.98. The molecule has 0 bridgehead atoms. The first kappa shape index (κ1) is 10.2. The topological polar surface area (TPSA) is 39.4 Å². The molecule has 0 aliphatic rings. The fraction of sp³-hybridized carbons (Fsp3) is 0.444. The van der Waals surface area contributed by atoms with Crippen LogP contribution in [-0.2, 0) is 10.5 Å². The first-order chi connectivity index (χ1) is 6.27. The fourth-order valence-corrected chi connectivity index (χ4v) is 1.35. The van der Waals surface area contributed by atoms with Gasteiger partial charge in [-0.05, 0) is 25.3 Å². The van der Waals surface area contributed by atoms with Crippen LogP contribution in [0.5, 0.6) is 0 Å². The van der Waals surface area contributed by atoms with Gasteiger partial charge in [0.1, 0.15) is 5.76 Å². The number of esters is 1. The lowest BCUT2D eigenvalue weighted by atomic mass is 10.4. The lowest BCUT2D eigenvalue weighted by Crippen LogP contribution is -2.02. The smallest absolute Gasteiger partial charge is 0.374 e. The van der Waals surface area contributed by atoms with Crippen LogP contribution in [0.3, 0.4) is 0 Å². The first-order valence-corrected chi connectivity index (χ1v) is 5.42. The molecule has 0 aliphatic heterocycles. The van der Waals surface area contributed by atoms with E-state index in [1.54, 1.807) is 30.8 Å². The molecular weight excluding hydrogens is 188 g/mol. The molecule has 0 fully saturated rings. The molecule has 3 nitrogen and oxygen atoms in total. The Morgan fingerprint density at radius 3 is 3.00 bits per heavy atom. The number of ether oxygens (including phenoxy) is 1. The van der Waals surface area contributed by atoms with Crippen molar-refractivity contribution in [3.63, 3.8) is 0 Å². The Morgan fingerprint density at radius 1 is 1.62 bits per heavy atom. The maximum absolute atomic E-state index is 11.1. The summed E-state index contributed by atoms with van der Waals surface area (Å²) in [7, 11) is 0. The summed E-state index contributed by atoms with van der Waals surface area (Å²) in [5, 5.41) is 0. The Morgan fingerprint density at radius 2 is 2.38 bits per heavy atom. The minimum absolute atomic E-state index is 0.283. The number of furan rings is 1. The van der Waals surface area contributed by atoms with Crippen molar-refractivity contribution < 1.29 is 13.9 Å². The van der Waals surface area contributed by atoms with Crippen molar-refractivity contribution in [1.29, 1.82) is 0 Å². The zero-order valence-electron chi connectivity index (χ0n) is 7.70. The summed E-state index contributed by atoms with van der Waals surface area (Å²) in [5.41, 5.74) is 0. The molecule has 1 aromatic rings. The zero-order valence-corrected chi connectivity index (χ0v) is 8.52. The van der Waals surface area contributed by atoms with Crippen molar-refractivity contribution in [2.45, 2.75) is 12.7 Å². The predicted molar refractivity (Wildman–Crippen MR) is 51.9 cm³/mol. The van der Waals surface area contributed by atoms with Crippen molar-refractivity contribution >= 4 is 17.7 Å². The van der Waals surface area contributed by atoms with Gasteiger partial charge in [-0.1, -0.05) is 0 Å². The second kappa shape index (κ2) is 4.97. The molecular formula is C9H12O3S. The lowest BCUT2D eigenvalue weighted by Gasteiger charge is -1.96. The Kier molecular flexibility index (Phi) is 3.89. The molecule has 0 amide bonds. The summed E-state index contributed by atoms with van der Waals surface area (Å²) >= 11 is 1.65. The summed E-state index contributed by atoms with van der Waals surface area (Å²) in [6.45, 7) is 2.14. The number of carbonyl (C=O) groups excluding carboxylic acids is 1. The van der Waals surface area contributed by atoms with Crippen molar-refractivity contribution in [3.8, 4) is 0 Å². The van der Waals surface area contributed by atoms with Gasteiger partial charge >= 0.3 is 5.97 Å². The van der Waals surface area contributed by atoms with E-state index in [1.807, 2.05) is 6.26 Å². The zero-order chi connectivity index (χ0) is 9.68. The third-order valence-electron chi connectivity index (χ3n) is 1.42. The quantitative estimate of drug-likeness (QED) is 0.699. The monoisotopic (exact) mass is 200 g/mol. The van der Waals surface area contributed by atoms with Gasteiger partial charge in [-0.15, -0.1) is 0 Å². The molecule has 13 heavy (non-hydrogen) atoms. The highest BCUT2D eigenvalue weighted by atomic mass is 32.2. The molecule has 0 unspecified atom stereocenters. The van der Waals surface area contributed by atoms with Crippen LogP contribution in [-0.4, -0.2) is 18.8 Å². The van der Waals surface area contributed by atoms with Gasteiger partial charge in [-0.25, -0.2) is 4.79 Å². The third kappa shape index (κ3) is 2.81. The molecule has 0 spiro atoms. The van der Waals surface area contributed by atoms with Crippen LogP contribution in [0.1, 0.15) is 23.2 Å². The number of hydrogen-bond donors (Lipinski definition) is 0. The second-order valence-electron chi connectivity index (χ2n) is 2.42. The highest BCUT2D eigenvalue weighted by Gasteiger charge is 2.11. The third-order valence-corrected chi connectivity index (χ3v) is 2.00. The molecule has 0 aliphatic carbocycles. The van der Waals surface area contributed by atoms with E-state index in [-0.39, 0.29) is 5.76 Å². The number of hydrogen-bond acceptors (Lipinski definition) is 4. The molecule has 72 valence electrons. The van der Waals surface area contributed by atoms with Crippen molar-refractivity contribution in [2.24, 2.45) is 0 Å². The maximum atomic E-state index is 11.1. The standard InChI is InChI=1S/C9H12O3S/c1-3-11-9(10)8-5-4-7(12-8)6-13-2/h4-5H,3,6H2,1-2H3. The van der Waals surface area contributed by atoms with Gasteiger partial charge < -0.3 is 9.15 Å². The van der Waals surface area contributed by atoms with Crippen LogP contribution < -0.4 is 0 Å². The molecule has 1 heterocycles. The van der Waals surface area contributed by atoms with E-state index in [0.717, 1.165) is 11.5 Å². The van der Waals surface area contributed by atoms with Crippen molar-refractivity contribution in [3.05, 3.63) is 23.7 Å². The van der Waals surface area contributed by atoms with E-state index in [0.29, 0.717) is 6.61 Å². The van der Waals surface area contributed by atoms with Gasteiger partial charge in [0.25, 0.3) is 0 Å². The van der Waals surface area contributed by atoms with Crippen LogP contribution >= 0.6 is 11.8 Å². The van der Waals surface area contributed by atoms with Crippen LogP contribution in [0.15, 0.2) is 16.5 Å². The first-order valence-electron chi connectivity index (χ1n) is 4.02. The minimum Gasteiger partial charge on any atom is -0.460 e. The molecule has 0 radical (unpaired) electrons. The minimum atomic E-state index is -0.394. The predicted octanol–water partition coefficient (Wildman–Crippen LogP) is 2.32. The summed E-state index contributed by atoms with van der Waals surface area (Å²) in [4.78, 5) is 11.1. The van der Waals surface area contributed by atoms with E-state index in [9.17, 15) is 4.79 Å². The Hall–Kier alpha value is -0.900. The summed E-state index contributed by atoms with van der Waals surface area (Å²) in [5.74, 6) is 1.47. The molecule has 4 heteroatoms. The molecule has 0 N–H and O–H groups in total. The Labute approximate surface area is 81.4 Å². The Bertz CT molecular complexity index is 280. The van der Waals surface area contributed by atoms with Gasteiger partial charge in [0, 0.05) is 0 Å².